The zero-order valence-corrected chi connectivity index (χ0v) is 19.6. The fourth-order valence-corrected chi connectivity index (χ4v) is 4.11. The minimum atomic E-state index is -0.577. The topological polar surface area (TPSA) is 84.9 Å². The highest BCUT2D eigenvalue weighted by Gasteiger charge is 2.34. The molecule has 1 saturated carbocycles. The van der Waals surface area contributed by atoms with Crippen LogP contribution < -0.4 is 5.32 Å². The van der Waals surface area contributed by atoms with Crippen LogP contribution in [0, 0.1) is 5.92 Å². The van der Waals surface area contributed by atoms with Crippen LogP contribution >= 0.6 is 0 Å². The monoisotopic (exact) mass is 464 g/mol. The number of rotatable bonds is 10. The molecule has 180 valence electrons. The zero-order chi connectivity index (χ0) is 23.9. The van der Waals surface area contributed by atoms with Crippen LogP contribution in [0.3, 0.4) is 0 Å². The lowest BCUT2D eigenvalue weighted by atomic mass is 10.0. The zero-order valence-electron chi connectivity index (χ0n) is 19.6. The molecule has 1 aliphatic heterocycles. The Morgan fingerprint density at radius 1 is 0.941 bits per heavy atom. The van der Waals surface area contributed by atoms with Gasteiger partial charge >= 0.3 is 5.97 Å². The Bertz CT molecular complexity index is 993. The van der Waals surface area contributed by atoms with Crippen LogP contribution in [-0.4, -0.2) is 55.1 Å². The van der Waals surface area contributed by atoms with Gasteiger partial charge in [-0.1, -0.05) is 36.4 Å². The van der Waals surface area contributed by atoms with Crippen molar-refractivity contribution in [3.63, 3.8) is 0 Å². The van der Waals surface area contributed by atoms with E-state index in [1.54, 1.807) is 24.3 Å². The molecule has 7 heteroatoms. The molecule has 1 saturated heterocycles. The summed E-state index contributed by atoms with van der Waals surface area (Å²) in [6.45, 7) is 5.72. The first-order valence-electron chi connectivity index (χ1n) is 11.9. The van der Waals surface area contributed by atoms with E-state index in [1.807, 2.05) is 12.1 Å². The van der Waals surface area contributed by atoms with Gasteiger partial charge in [0.15, 0.2) is 6.23 Å². The molecule has 1 unspecified atom stereocenters. The lowest BCUT2D eigenvalue weighted by molar-refractivity contribution is -0.148. The lowest BCUT2D eigenvalue weighted by Crippen LogP contribution is -2.39. The summed E-state index contributed by atoms with van der Waals surface area (Å²) >= 11 is 0. The Kier molecular flexibility index (Phi) is 8.08. The molecule has 2 aromatic rings. The molecule has 2 fully saturated rings. The second-order valence-electron chi connectivity index (χ2n) is 9.14. The number of carbonyl (C=O) groups is 3. The van der Waals surface area contributed by atoms with Crippen LogP contribution in [0.15, 0.2) is 48.5 Å². The molecule has 0 spiro atoms. The van der Waals surface area contributed by atoms with E-state index in [0.717, 1.165) is 56.8 Å². The first kappa shape index (κ1) is 24.1. The molecule has 2 aromatic carbocycles. The van der Waals surface area contributed by atoms with Crippen LogP contribution in [-0.2, 0) is 38.4 Å². The quantitative estimate of drug-likeness (QED) is 0.430. The average molecular weight is 465 g/mol. The van der Waals surface area contributed by atoms with Gasteiger partial charge in [0.2, 0.25) is 0 Å². The van der Waals surface area contributed by atoms with E-state index in [1.165, 1.54) is 12.5 Å². The van der Waals surface area contributed by atoms with E-state index < -0.39 is 12.2 Å². The minimum Gasteiger partial charge on any atom is -0.442 e. The van der Waals surface area contributed by atoms with Crippen LogP contribution in [0.4, 0.5) is 0 Å². The molecule has 2 aliphatic rings. The van der Waals surface area contributed by atoms with Crippen molar-refractivity contribution in [2.24, 2.45) is 5.92 Å². The van der Waals surface area contributed by atoms with Crippen molar-refractivity contribution in [2.75, 3.05) is 26.3 Å². The standard InChI is InChI=1S/C27H32N2O5/c1-19(30)34-27(24-10-11-24)28-26(32)23-8-6-21(7-9-23)17-25(31)16-20-2-4-22(5-3-20)18-29-12-14-33-15-13-29/h2-9,24,27H,10-18H2,1H3,(H,28,32). The molecule has 4 rings (SSSR count). The first-order valence-corrected chi connectivity index (χ1v) is 11.9. The number of Topliss-reactive ketones (excluding diaryl/α,β-unsaturated/α-hetero) is 1. The van der Waals surface area contributed by atoms with Gasteiger partial charge in [-0.05, 0) is 41.7 Å². The number of benzene rings is 2. The molecule has 0 radical (unpaired) electrons. The second kappa shape index (κ2) is 11.4. The Labute approximate surface area is 200 Å². The third-order valence-electron chi connectivity index (χ3n) is 6.17. The van der Waals surface area contributed by atoms with Gasteiger partial charge < -0.3 is 14.8 Å². The summed E-state index contributed by atoms with van der Waals surface area (Å²) < 4.78 is 10.6. The van der Waals surface area contributed by atoms with Crippen molar-refractivity contribution in [1.29, 1.82) is 0 Å². The normalized spacial score (nSPS) is 17.1. The average Bonchev–Trinajstić information content (AvgIpc) is 3.66. The number of hydrogen-bond acceptors (Lipinski definition) is 6. The number of ether oxygens (including phenoxy) is 2. The van der Waals surface area contributed by atoms with Gasteiger partial charge in [-0.2, -0.15) is 0 Å². The summed E-state index contributed by atoms with van der Waals surface area (Å²) in [4.78, 5) is 38.7. The highest BCUT2D eigenvalue weighted by atomic mass is 16.6. The van der Waals surface area contributed by atoms with Crippen molar-refractivity contribution in [3.05, 3.63) is 70.8 Å². The van der Waals surface area contributed by atoms with E-state index in [0.29, 0.717) is 18.4 Å². The Morgan fingerprint density at radius 2 is 1.50 bits per heavy atom. The minimum absolute atomic E-state index is 0.127. The van der Waals surface area contributed by atoms with Crippen LogP contribution in [0.1, 0.15) is 46.8 Å². The molecule has 0 bridgehead atoms. The summed E-state index contributed by atoms with van der Waals surface area (Å²) in [5.41, 5.74) is 3.59. The van der Waals surface area contributed by atoms with E-state index in [2.05, 4.69) is 22.3 Å². The molecular weight excluding hydrogens is 432 g/mol. The predicted molar refractivity (Wildman–Crippen MR) is 127 cm³/mol. The van der Waals surface area contributed by atoms with E-state index >= 15 is 0 Å². The van der Waals surface area contributed by atoms with Gasteiger partial charge in [0.1, 0.15) is 5.78 Å². The maximum absolute atomic E-state index is 12.6. The van der Waals surface area contributed by atoms with Gasteiger partial charge in [0, 0.05) is 50.9 Å². The fourth-order valence-electron chi connectivity index (χ4n) is 4.11. The molecule has 34 heavy (non-hydrogen) atoms. The molecule has 1 amide bonds. The van der Waals surface area contributed by atoms with Crippen molar-refractivity contribution >= 4 is 17.7 Å². The molecule has 1 atom stereocenters. The molecule has 7 nitrogen and oxygen atoms in total. The molecular formula is C27H32N2O5. The number of esters is 1. The molecule has 0 aromatic heterocycles. The summed E-state index contributed by atoms with van der Waals surface area (Å²) in [6, 6.07) is 15.3. The summed E-state index contributed by atoms with van der Waals surface area (Å²) in [5, 5.41) is 2.79. The van der Waals surface area contributed by atoms with Crippen LogP contribution in [0.2, 0.25) is 0 Å². The molecule has 1 heterocycles. The van der Waals surface area contributed by atoms with Gasteiger partial charge in [-0.25, -0.2) is 0 Å². The SMILES string of the molecule is CC(=O)OC(NC(=O)c1ccc(CC(=O)Cc2ccc(CN3CCOCC3)cc2)cc1)C1CC1. The van der Waals surface area contributed by atoms with Crippen LogP contribution in [0.25, 0.3) is 0 Å². The molecule has 1 N–H and O–H groups in total. The smallest absolute Gasteiger partial charge is 0.304 e. The number of ketones is 1. The third kappa shape index (κ3) is 7.23. The fraction of sp³-hybridized carbons (Fsp3) is 0.444. The van der Waals surface area contributed by atoms with Gasteiger partial charge in [-0.3, -0.25) is 19.3 Å². The van der Waals surface area contributed by atoms with Gasteiger partial charge in [-0.15, -0.1) is 0 Å². The summed E-state index contributed by atoms with van der Waals surface area (Å²) in [6.07, 6.45) is 2.00. The largest absolute Gasteiger partial charge is 0.442 e. The number of hydrogen-bond donors (Lipinski definition) is 1. The number of morpholine rings is 1. The predicted octanol–water partition coefficient (Wildman–Crippen LogP) is 2.90. The maximum atomic E-state index is 12.6. The van der Waals surface area contributed by atoms with E-state index in [4.69, 9.17) is 9.47 Å². The first-order chi connectivity index (χ1) is 16.5. The number of carbonyl (C=O) groups excluding carboxylic acids is 3. The number of nitrogens with zero attached hydrogens (tertiary/aromatic N) is 1. The second-order valence-corrected chi connectivity index (χ2v) is 9.14. The highest BCUT2D eigenvalue weighted by molar-refractivity contribution is 5.94. The number of amides is 1. The Hall–Kier alpha value is -3.03. The number of nitrogens with one attached hydrogen (secondary N) is 1. The maximum Gasteiger partial charge on any atom is 0.304 e. The molecule has 1 aliphatic carbocycles. The van der Waals surface area contributed by atoms with Crippen molar-refractivity contribution < 1.29 is 23.9 Å². The van der Waals surface area contributed by atoms with Gasteiger partial charge in [0.05, 0.1) is 13.2 Å². The Morgan fingerprint density at radius 3 is 2.06 bits per heavy atom. The van der Waals surface area contributed by atoms with Crippen molar-refractivity contribution in [3.8, 4) is 0 Å². The summed E-state index contributed by atoms with van der Waals surface area (Å²) in [7, 11) is 0. The lowest BCUT2D eigenvalue weighted by Gasteiger charge is -2.26. The summed E-state index contributed by atoms with van der Waals surface area (Å²) in [5.74, 6) is -0.369. The van der Waals surface area contributed by atoms with Crippen molar-refractivity contribution in [1.82, 2.24) is 10.2 Å². The van der Waals surface area contributed by atoms with E-state index in [-0.39, 0.29) is 17.6 Å². The van der Waals surface area contributed by atoms with Gasteiger partial charge in [0.25, 0.3) is 5.91 Å². The highest BCUT2D eigenvalue weighted by Crippen LogP contribution is 2.33. The third-order valence-corrected chi connectivity index (χ3v) is 6.17. The van der Waals surface area contributed by atoms with E-state index in [9.17, 15) is 14.4 Å². The van der Waals surface area contributed by atoms with Crippen LogP contribution in [0.5, 0.6) is 0 Å². The Balaban J connectivity index is 1.25. The van der Waals surface area contributed by atoms with Crippen molar-refractivity contribution in [2.45, 2.75) is 45.4 Å².